The van der Waals surface area contributed by atoms with E-state index in [0.717, 1.165) is 30.7 Å². The van der Waals surface area contributed by atoms with E-state index in [4.69, 9.17) is 11.6 Å². The number of halogens is 1. The Labute approximate surface area is 100 Å². The summed E-state index contributed by atoms with van der Waals surface area (Å²) >= 11 is 5.73. The third-order valence-electron chi connectivity index (χ3n) is 3.61. The summed E-state index contributed by atoms with van der Waals surface area (Å²) in [4.78, 5) is 4.74. The van der Waals surface area contributed by atoms with Crippen molar-refractivity contribution < 1.29 is 0 Å². The summed E-state index contributed by atoms with van der Waals surface area (Å²) in [6.07, 6.45) is 0. The number of likely N-dealkylation sites (tertiary alicyclic amines) is 1. The number of hydrogen-bond acceptors (Lipinski definition) is 4. The number of rotatable bonds is 1. The molecule has 86 valence electrons. The van der Waals surface area contributed by atoms with Gasteiger partial charge in [-0.15, -0.1) is 10.2 Å². The first-order chi connectivity index (χ1) is 7.72. The first kappa shape index (κ1) is 10.3. The molecule has 1 aromatic rings. The van der Waals surface area contributed by atoms with Gasteiger partial charge in [-0.2, -0.15) is 0 Å². The normalized spacial score (nSPS) is 29.8. The molecule has 1 aromatic heterocycles. The molecule has 0 aliphatic carbocycles. The van der Waals surface area contributed by atoms with Crippen LogP contribution >= 0.6 is 11.6 Å². The van der Waals surface area contributed by atoms with Crippen LogP contribution in [-0.2, 0) is 0 Å². The van der Waals surface area contributed by atoms with Gasteiger partial charge < -0.3 is 9.80 Å². The molecule has 2 fully saturated rings. The van der Waals surface area contributed by atoms with Gasteiger partial charge in [0.05, 0.1) is 0 Å². The maximum absolute atomic E-state index is 5.73. The molecule has 2 atom stereocenters. The van der Waals surface area contributed by atoms with Gasteiger partial charge in [0.25, 0.3) is 0 Å². The van der Waals surface area contributed by atoms with Crippen molar-refractivity contribution in [2.24, 2.45) is 11.8 Å². The highest BCUT2D eigenvalue weighted by molar-refractivity contribution is 6.29. The lowest BCUT2D eigenvalue weighted by atomic mass is 10.0. The molecule has 4 nitrogen and oxygen atoms in total. The molecule has 16 heavy (non-hydrogen) atoms. The van der Waals surface area contributed by atoms with Gasteiger partial charge in [-0.3, -0.25) is 0 Å². The maximum atomic E-state index is 5.73. The summed E-state index contributed by atoms with van der Waals surface area (Å²) in [5.41, 5.74) is 0. The fourth-order valence-electron chi connectivity index (χ4n) is 2.89. The monoisotopic (exact) mass is 238 g/mol. The molecule has 0 spiro atoms. The molecule has 0 saturated carbocycles. The van der Waals surface area contributed by atoms with Gasteiger partial charge in [0.1, 0.15) is 0 Å². The third kappa shape index (κ3) is 1.76. The lowest BCUT2D eigenvalue weighted by Crippen LogP contribution is -2.27. The van der Waals surface area contributed by atoms with Crippen molar-refractivity contribution in [1.82, 2.24) is 15.1 Å². The lowest BCUT2D eigenvalue weighted by Gasteiger charge is -2.19. The Morgan fingerprint density at radius 3 is 2.38 bits per heavy atom. The predicted molar refractivity (Wildman–Crippen MR) is 63.7 cm³/mol. The second kappa shape index (κ2) is 3.86. The SMILES string of the molecule is CN1C[C@@H]2CN(c3ccc(Cl)nn3)C[C@H]2C1. The van der Waals surface area contributed by atoms with Crippen LogP contribution in [0.4, 0.5) is 5.82 Å². The Kier molecular flexibility index (Phi) is 2.48. The number of aromatic nitrogens is 2. The summed E-state index contributed by atoms with van der Waals surface area (Å²) < 4.78 is 0. The van der Waals surface area contributed by atoms with Crippen molar-refractivity contribution in [3.8, 4) is 0 Å². The topological polar surface area (TPSA) is 32.3 Å². The molecule has 0 radical (unpaired) electrons. The second-order valence-corrected chi connectivity index (χ2v) is 5.25. The molecular weight excluding hydrogens is 224 g/mol. The van der Waals surface area contributed by atoms with Crippen molar-refractivity contribution in [3.05, 3.63) is 17.3 Å². The summed E-state index contributed by atoms with van der Waals surface area (Å²) in [5.74, 6) is 2.55. The average molecular weight is 239 g/mol. The van der Waals surface area contributed by atoms with Crippen LogP contribution in [0.1, 0.15) is 0 Å². The van der Waals surface area contributed by atoms with E-state index >= 15 is 0 Å². The summed E-state index contributed by atoms with van der Waals surface area (Å²) in [6.45, 7) is 4.63. The van der Waals surface area contributed by atoms with Crippen LogP contribution in [-0.4, -0.2) is 48.3 Å². The molecule has 2 aliphatic rings. The quantitative estimate of drug-likeness (QED) is 0.734. The zero-order valence-corrected chi connectivity index (χ0v) is 10.1. The van der Waals surface area contributed by atoms with Crippen LogP contribution < -0.4 is 4.90 Å². The van der Waals surface area contributed by atoms with Crippen LogP contribution in [0.2, 0.25) is 5.15 Å². The first-order valence-electron chi connectivity index (χ1n) is 5.65. The highest BCUT2D eigenvalue weighted by atomic mass is 35.5. The van der Waals surface area contributed by atoms with Crippen LogP contribution in [0, 0.1) is 11.8 Å². The van der Waals surface area contributed by atoms with E-state index < -0.39 is 0 Å². The largest absolute Gasteiger partial charge is 0.354 e. The molecule has 0 unspecified atom stereocenters. The van der Waals surface area contributed by atoms with Crippen LogP contribution in [0.3, 0.4) is 0 Å². The van der Waals surface area contributed by atoms with Crippen molar-refractivity contribution in [2.75, 3.05) is 38.1 Å². The lowest BCUT2D eigenvalue weighted by molar-refractivity contribution is 0.387. The highest BCUT2D eigenvalue weighted by Crippen LogP contribution is 2.32. The molecule has 3 heterocycles. The Hall–Kier alpha value is -0.870. The Bertz CT molecular complexity index is 366. The highest BCUT2D eigenvalue weighted by Gasteiger charge is 2.39. The van der Waals surface area contributed by atoms with Gasteiger partial charge in [0.2, 0.25) is 0 Å². The van der Waals surface area contributed by atoms with Gasteiger partial charge in [-0.05, 0) is 31.0 Å². The number of hydrogen-bond donors (Lipinski definition) is 0. The fourth-order valence-corrected chi connectivity index (χ4v) is 2.99. The zero-order valence-electron chi connectivity index (χ0n) is 9.30. The van der Waals surface area contributed by atoms with Gasteiger partial charge in [0.15, 0.2) is 11.0 Å². The number of anilines is 1. The van der Waals surface area contributed by atoms with Gasteiger partial charge in [-0.1, -0.05) is 11.6 Å². The number of fused-ring (bicyclic) bond motifs is 1. The molecular formula is C11H15ClN4. The minimum atomic E-state index is 0.461. The predicted octanol–water partition coefficient (Wildman–Crippen LogP) is 1.13. The van der Waals surface area contributed by atoms with Crippen LogP contribution in [0.5, 0.6) is 0 Å². The average Bonchev–Trinajstić information content (AvgIpc) is 2.75. The molecule has 0 amide bonds. The molecule has 0 N–H and O–H groups in total. The standard InChI is InChI=1S/C11H15ClN4/c1-15-4-8-6-16(7-9(8)5-15)11-3-2-10(12)13-14-11/h2-3,8-9H,4-7H2,1H3/t8-,9-/m1/s1. The minimum absolute atomic E-state index is 0.461. The van der Waals surface area contributed by atoms with Crippen LogP contribution in [0.15, 0.2) is 12.1 Å². The van der Waals surface area contributed by atoms with E-state index in [9.17, 15) is 0 Å². The van der Waals surface area contributed by atoms with E-state index in [-0.39, 0.29) is 0 Å². The number of nitrogens with zero attached hydrogens (tertiary/aromatic N) is 4. The van der Waals surface area contributed by atoms with E-state index in [2.05, 4.69) is 27.0 Å². The smallest absolute Gasteiger partial charge is 0.151 e. The Morgan fingerprint density at radius 1 is 1.12 bits per heavy atom. The second-order valence-electron chi connectivity index (χ2n) is 4.86. The summed E-state index contributed by atoms with van der Waals surface area (Å²) in [7, 11) is 2.20. The Balaban J connectivity index is 1.73. The molecule has 5 heteroatoms. The molecule has 2 aliphatic heterocycles. The summed E-state index contributed by atoms with van der Waals surface area (Å²) in [5, 5.41) is 8.49. The third-order valence-corrected chi connectivity index (χ3v) is 3.81. The minimum Gasteiger partial charge on any atom is -0.354 e. The van der Waals surface area contributed by atoms with Crippen molar-refractivity contribution >= 4 is 17.4 Å². The van der Waals surface area contributed by atoms with E-state index in [1.807, 2.05) is 12.1 Å². The maximum Gasteiger partial charge on any atom is 0.151 e. The van der Waals surface area contributed by atoms with Crippen molar-refractivity contribution in [1.29, 1.82) is 0 Å². The van der Waals surface area contributed by atoms with Crippen LogP contribution in [0.25, 0.3) is 0 Å². The molecule has 2 saturated heterocycles. The Morgan fingerprint density at radius 2 is 1.81 bits per heavy atom. The molecule has 0 aromatic carbocycles. The van der Waals surface area contributed by atoms with Crippen molar-refractivity contribution in [3.63, 3.8) is 0 Å². The summed E-state index contributed by atoms with van der Waals surface area (Å²) in [6, 6.07) is 3.77. The van der Waals surface area contributed by atoms with Gasteiger partial charge in [0, 0.05) is 26.2 Å². The fraction of sp³-hybridized carbons (Fsp3) is 0.636. The zero-order chi connectivity index (χ0) is 11.1. The van der Waals surface area contributed by atoms with Gasteiger partial charge in [-0.25, -0.2) is 0 Å². The van der Waals surface area contributed by atoms with E-state index in [1.165, 1.54) is 13.1 Å². The first-order valence-corrected chi connectivity index (χ1v) is 6.03. The molecule has 3 rings (SSSR count). The van der Waals surface area contributed by atoms with Crippen molar-refractivity contribution in [2.45, 2.75) is 0 Å². The van der Waals surface area contributed by atoms with E-state index in [0.29, 0.717) is 5.15 Å². The van der Waals surface area contributed by atoms with E-state index in [1.54, 1.807) is 0 Å². The molecule has 0 bridgehead atoms. The van der Waals surface area contributed by atoms with Gasteiger partial charge >= 0.3 is 0 Å².